The second-order valence-electron chi connectivity index (χ2n) is 4.44. The molecule has 5 nitrogen and oxygen atoms in total. The van der Waals surface area contributed by atoms with E-state index in [2.05, 4.69) is 27.4 Å². The van der Waals surface area contributed by atoms with Crippen LogP contribution in [-0.4, -0.2) is 27.6 Å². The van der Waals surface area contributed by atoms with E-state index in [1.165, 1.54) is 5.56 Å². The summed E-state index contributed by atoms with van der Waals surface area (Å²) in [4.78, 5) is 19.0. The zero-order chi connectivity index (χ0) is 14.9. The van der Waals surface area contributed by atoms with Gasteiger partial charge in [-0.15, -0.1) is 11.8 Å². The third-order valence-corrected chi connectivity index (χ3v) is 3.69. The Hall–Kier alpha value is -2.08. The smallest absolute Gasteiger partial charge is 0.303 e. The summed E-state index contributed by atoms with van der Waals surface area (Å²) in [7, 11) is 0. The van der Waals surface area contributed by atoms with Gasteiger partial charge in [0.2, 0.25) is 0 Å². The molecule has 0 aliphatic carbocycles. The number of hydrogen-bond donors (Lipinski definition) is 2. The number of carbonyl (C=O) groups is 1. The van der Waals surface area contributed by atoms with Crippen molar-refractivity contribution < 1.29 is 9.90 Å². The Morgan fingerprint density at radius 2 is 2.05 bits per heavy atom. The zero-order valence-corrected chi connectivity index (χ0v) is 12.3. The highest BCUT2D eigenvalue weighted by atomic mass is 32.2. The van der Waals surface area contributed by atoms with Crippen LogP contribution in [0.15, 0.2) is 47.8 Å². The topological polar surface area (TPSA) is 75.1 Å². The Kier molecular flexibility index (Phi) is 6.02. The maximum absolute atomic E-state index is 10.4. The van der Waals surface area contributed by atoms with Crippen LogP contribution in [0.1, 0.15) is 18.4 Å². The maximum atomic E-state index is 10.4. The number of carboxylic acids is 1. The molecule has 0 spiro atoms. The zero-order valence-electron chi connectivity index (χ0n) is 11.5. The summed E-state index contributed by atoms with van der Waals surface area (Å²) in [5, 5.41) is 12.5. The van der Waals surface area contributed by atoms with Crippen molar-refractivity contribution in [3.05, 3.63) is 48.3 Å². The summed E-state index contributed by atoms with van der Waals surface area (Å²) in [5.74, 6) is 0.742. The second kappa shape index (κ2) is 8.26. The minimum atomic E-state index is -0.782. The van der Waals surface area contributed by atoms with Gasteiger partial charge < -0.3 is 10.4 Å². The monoisotopic (exact) mass is 303 g/mol. The summed E-state index contributed by atoms with van der Waals surface area (Å²) in [6.45, 7) is 0.577. The van der Waals surface area contributed by atoms with Crippen LogP contribution >= 0.6 is 11.8 Å². The van der Waals surface area contributed by atoms with Gasteiger partial charge in [-0.3, -0.25) is 9.78 Å². The predicted octanol–water partition coefficient (Wildman–Crippen LogP) is 3.05. The lowest BCUT2D eigenvalue weighted by molar-refractivity contribution is -0.137. The van der Waals surface area contributed by atoms with Crippen molar-refractivity contribution in [2.24, 2.45) is 0 Å². The molecule has 0 amide bonds. The van der Waals surface area contributed by atoms with Crippen molar-refractivity contribution in [2.75, 3.05) is 11.9 Å². The average molecular weight is 303 g/mol. The number of rotatable bonds is 8. The highest BCUT2D eigenvalue weighted by Gasteiger charge is 2.01. The van der Waals surface area contributed by atoms with Crippen LogP contribution in [0, 0.1) is 0 Å². The van der Waals surface area contributed by atoms with Gasteiger partial charge in [0.15, 0.2) is 0 Å². The number of benzene rings is 1. The fourth-order valence-electron chi connectivity index (χ4n) is 1.69. The van der Waals surface area contributed by atoms with Gasteiger partial charge in [0.05, 0.1) is 12.4 Å². The Morgan fingerprint density at radius 1 is 1.24 bits per heavy atom. The number of anilines is 1. The third-order valence-electron chi connectivity index (χ3n) is 2.72. The number of hydrogen-bond acceptors (Lipinski definition) is 5. The molecule has 0 bridgehead atoms. The lowest BCUT2D eigenvalue weighted by atomic mass is 10.2. The van der Waals surface area contributed by atoms with Gasteiger partial charge in [-0.1, -0.05) is 30.3 Å². The molecule has 2 N–H and O–H groups in total. The lowest BCUT2D eigenvalue weighted by Crippen LogP contribution is -2.06. The molecule has 0 atom stereocenters. The number of nitrogens with one attached hydrogen (secondary N) is 1. The van der Waals surface area contributed by atoms with Gasteiger partial charge in [0.25, 0.3) is 0 Å². The predicted molar refractivity (Wildman–Crippen MR) is 83.4 cm³/mol. The van der Waals surface area contributed by atoms with Gasteiger partial charge in [0, 0.05) is 18.7 Å². The normalized spacial score (nSPS) is 10.3. The Balaban J connectivity index is 1.81. The Morgan fingerprint density at radius 3 is 2.81 bits per heavy atom. The number of carboxylic acid groups (broad SMARTS) is 1. The van der Waals surface area contributed by atoms with E-state index in [9.17, 15) is 4.79 Å². The molecule has 0 aliphatic heterocycles. The van der Waals surface area contributed by atoms with Gasteiger partial charge in [-0.25, -0.2) is 4.98 Å². The Bertz CT molecular complexity index is 578. The van der Waals surface area contributed by atoms with Crippen molar-refractivity contribution in [1.82, 2.24) is 9.97 Å². The standard InChI is InChI=1S/C15H17N3O2S/c19-15(20)7-4-8-17-13-9-16-10-14(18-13)21-11-12-5-2-1-3-6-12/h1-3,5-6,9-10H,4,7-8,11H2,(H,17,18)(H,19,20). The first-order valence-corrected chi connectivity index (χ1v) is 7.67. The molecule has 1 heterocycles. The van der Waals surface area contributed by atoms with E-state index >= 15 is 0 Å². The highest BCUT2D eigenvalue weighted by molar-refractivity contribution is 7.98. The second-order valence-corrected chi connectivity index (χ2v) is 5.44. The summed E-state index contributed by atoms with van der Waals surface area (Å²) >= 11 is 1.62. The van der Waals surface area contributed by atoms with Crippen LogP contribution in [0.5, 0.6) is 0 Å². The molecule has 0 fully saturated rings. The van der Waals surface area contributed by atoms with Gasteiger partial charge in [0.1, 0.15) is 10.8 Å². The fourth-order valence-corrected chi connectivity index (χ4v) is 2.50. The van der Waals surface area contributed by atoms with Crippen molar-refractivity contribution >= 4 is 23.5 Å². The van der Waals surface area contributed by atoms with Gasteiger partial charge >= 0.3 is 5.97 Å². The molecule has 1 aromatic heterocycles. The minimum Gasteiger partial charge on any atom is -0.481 e. The molecular weight excluding hydrogens is 286 g/mol. The van der Waals surface area contributed by atoms with Gasteiger partial charge in [-0.2, -0.15) is 0 Å². The van der Waals surface area contributed by atoms with Crippen LogP contribution in [0.25, 0.3) is 0 Å². The lowest BCUT2D eigenvalue weighted by Gasteiger charge is -2.06. The molecule has 0 saturated carbocycles. The quantitative estimate of drug-likeness (QED) is 0.576. The van der Waals surface area contributed by atoms with Crippen molar-refractivity contribution in [1.29, 1.82) is 0 Å². The third kappa shape index (κ3) is 5.83. The van der Waals surface area contributed by atoms with E-state index < -0.39 is 5.97 Å². The van der Waals surface area contributed by atoms with E-state index in [0.717, 1.165) is 10.8 Å². The summed E-state index contributed by atoms with van der Waals surface area (Å²) in [6, 6.07) is 10.2. The highest BCUT2D eigenvalue weighted by Crippen LogP contribution is 2.21. The summed E-state index contributed by atoms with van der Waals surface area (Å²) in [5.41, 5.74) is 1.24. The van der Waals surface area contributed by atoms with E-state index in [-0.39, 0.29) is 6.42 Å². The Labute approximate surface area is 127 Å². The molecule has 2 aromatic rings. The molecule has 0 unspecified atom stereocenters. The summed E-state index contributed by atoms with van der Waals surface area (Å²) in [6.07, 6.45) is 4.10. The average Bonchev–Trinajstić information content (AvgIpc) is 2.51. The van der Waals surface area contributed by atoms with Crippen LogP contribution in [0.2, 0.25) is 0 Å². The first-order chi connectivity index (χ1) is 10.2. The maximum Gasteiger partial charge on any atom is 0.303 e. The number of aliphatic carboxylic acids is 1. The summed E-state index contributed by atoms with van der Waals surface area (Å²) < 4.78 is 0. The SMILES string of the molecule is O=C(O)CCCNc1cncc(SCc2ccccc2)n1. The number of thioether (sulfide) groups is 1. The minimum absolute atomic E-state index is 0.156. The fraction of sp³-hybridized carbons (Fsp3) is 0.267. The first kappa shape index (κ1) is 15.3. The van der Waals surface area contributed by atoms with E-state index in [1.807, 2.05) is 18.2 Å². The number of nitrogens with zero attached hydrogens (tertiary/aromatic N) is 2. The molecule has 0 aliphatic rings. The van der Waals surface area contributed by atoms with Crippen molar-refractivity contribution in [3.63, 3.8) is 0 Å². The van der Waals surface area contributed by atoms with Crippen molar-refractivity contribution in [2.45, 2.75) is 23.6 Å². The van der Waals surface area contributed by atoms with Gasteiger partial charge in [-0.05, 0) is 12.0 Å². The molecule has 110 valence electrons. The number of aromatic nitrogens is 2. The van der Waals surface area contributed by atoms with E-state index in [1.54, 1.807) is 24.2 Å². The molecule has 6 heteroatoms. The first-order valence-electron chi connectivity index (χ1n) is 6.68. The van der Waals surface area contributed by atoms with Crippen LogP contribution in [-0.2, 0) is 10.5 Å². The molecule has 2 rings (SSSR count). The molecule has 21 heavy (non-hydrogen) atoms. The molecule has 0 radical (unpaired) electrons. The van der Waals surface area contributed by atoms with Crippen LogP contribution < -0.4 is 5.32 Å². The van der Waals surface area contributed by atoms with E-state index in [0.29, 0.717) is 18.8 Å². The van der Waals surface area contributed by atoms with E-state index in [4.69, 9.17) is 5.11 Å². The van der Waals surface area contributed by atoms with Crippen LogP contribution in [0.4, 0.5) is 5.82 Å². The van der Waals surface area contributed by atoms with Crippen molar-refractivity contribution in [3.8, 4) is 0 Å². The molecular formula is C15H17N3O2S. The molecule has 1 aromatic carbocycles. The largest absolute Gasteiger partial charge is 0.481 e. The molecule has 0 saturated heterocycles. The van der Waals surface area contributed by atoms with Crippen LogP contribution in [0.3, 0.4) is 0 Å².